The molecule has 1 aromatic carbocycles. The van der Waals surface area contributed by atoms with Crippen LogP contribution in [-0.4, -0.2) is 57.0 Å². The monoisotopic (exact) mass is 421 g/mol. The number of benzene rings is 1. The van der Waals surface area contributed by atoms with E-state index < -0.39 is 12.0 Å². The zero-order chi connectivity index (χ0) is 22.5. The molecule has 3 amide bonds. The molecule has 1 aromatic rings. The minimum atomic E-state index is -0.702. The molecule has 0 fully saturated rings. The Morgan fingerprint density at radius 3 is 2.07 bits per heavy atom. The predicted molar refractivity (Wildman–Crippen MR) is 111 cm³/mol. The Morgan fingerprint density at radius 2 is 1.50 bits per heavy atom. The van der Waals surface area contributed by atoms with Crippen LogP contribution >= 0.6 is 0 Å². The van der Waals surface area contributed by atoms with Crippen molar-refractivity contribution in [2.75, 3.05) is 27.3 Å². The Balaban J connectivity index is 2.27. The van der Waals surface area contributed by atoms with Crippen LogP contribution in [0.15, 0.2) is 24.3 Å². The van der Waals surface area contributed by atoms with E-state index in [0.717, 1.165) is 0 Å². The van der Waals surface area contributed by atoms with E-state index in [4.69, 9.17) is 9.47 Å². The van der Waals surface area contributed by atoms with Gasteiger partial charge in [-0.05, 0) is 36.6 Å². The molecule has 166 valence electrons. The molecule has 1 atom stereocenters. The average Bonchev–Trinajstić information content (AvgIpc) is 2.72. The maximum atomic E-state index is 12.0. The van der Waals surface area contributed by atoms with Crippen LogP contribution in [0.1, 0.15) is 43.5 Å². The lowest BCUT2D eigenvalue weighted by atomic mass is 10.0. The lowest BCUT2D eigenvalue weighted by Crippen LogP contribution is -2.43. The third-order valence-electron chi connectivity index (χ3n) is 4.19. The second kappa shape index (κ2) is 13.2. The molecule has 0 bridgehead atoms. The van der Waals surface area contributed by atoms with Crippen molar-refractivity contribution in [2.45, 2.75) is 39.2 Å². The van der Waals surface area contributed by atoms with Gasteiger partial charge in [0.1, 0.15) is 11.8 Å². The van der Waals surface area contributed by atoms with Gasteiger partial charge in [0, 0.05) is 31.5 Å². The van der Waals surface area contributed by atoms with Crippen LogP contribution in [-0.2, 0) is 19.1 Å². The van der Waals surface area contributed by atoms with Gasteiger partial charge < -0.3 is 25.4 Å². The molecule has 9 heteroatoms. The molecule has 0 saturated carbocycles. The second-order valence-corrected chi connectivity index (χ2v) is 7.11. The summed E-state index contributed by atoms with van der Waals surface area (Å²) in [6.45, 7) is 4.18. The summed E-state index contributed by atoms with van der Waals surface area (Å²) < 4.78 is 9.73. The van der Waals surface area contributed by atoms with Crippen molar-refractivity contribution in [3.63, 3.8) is 0 Å². The summed E-state index contributed by atoms with van der Waals surface area (Å²) in [4.78, 5) is 47.6. The molecule has 0 aliphatic rings. The van der Waals surface area contributed by atoms with E-state index in [1.807, 2.05) is 13.8 Å². The van der Waals surface area contributed by atoms with Crippen molar-refractivity contribution in [1.82, 2.24) is 16.0 Å². The van der Waals surface area contributed by atoms with E-state index in [0.29, 0.717) is 17.7 Å². The highest BCUT2D eigenvalue weighted by Gasteiger charge is 2.22. The summed E-state index contributed by atoms with van der Waals surface area (Å²) in [6.07, 6.45) is 0.593. The molecule has 0 spiro atoms. The number of ether oxygens (including phenoxy) is 2. The molecule has 1 rings (SSSR count). The highest BCUT2D eigenvalue weighted by Crippen LogP contribution is 2.11. The number of esters is 1. The average molecular weight is 421 g/mol. The number of amides is 3. The molecule has 0 saturated heterocycles. The predicted octanol–water partition coefficient (Wildman–Crippen LogP) is 1.03. The molecule has 0 aliphatic carbocycles. The molecule has 0 heterocycles. The number of rotatable bonds is 12. The topological polar surface area (TPSA) is 123 Å². The summed E-state index contributed by atoms with van der Waals surface area (Å²) in [5, 5.41) is 7.90. The zero-order valence-corrected chi connectivity index (χ0v) is 17.9. The molecule has 0 unspecified atom stereocenters. The molecule has 0 aromatic heterocycles. The summed E-state index contributed by atoms with van der Waals surface area (Å²) in [6, 6.07) is 5.92. The Kier molecular flexibility index (Phi) is 11.0. The molecule has 3 N–H and O–H groups in total. The van der Waals surface area contributed by atoms with Gasteiger partial charge in [-0.15, -0.1) is 0 Å². The Morgan fingerprint density at radius 1 is 0.900 bits per heavy atom. The SMILES string of the molecule is COC(=O)[C@@H](CC(C)C)NC(=O)CCNC(=O)CCNC(=O)c1ccc(OC)cc1. The van der Waals surface area contributed by atoms with Crippen LogP contribution in [0.2, 0.25) is 0 Å². The Labute approximate surface area is 176 Å². The van der Waals surface area contributed by atoms with Crippen molar-refractivity contribution < 1.29 is 28.7 Å². The highest BCUT2D eigenvalue weighted by atomic mass is 16.5. The van der Waals surface area contributed by atoms with Gasteiger partial charge in [-0.3, -0.25) is 14.4 Å². The normalized spacial score (nSPS) is 11.4. The maximum absolute atomic E-state index is 12.0. The van der Waals surface area contributed by atoms with Gasteiger partial charge in [0.25, 0.3) is 5.91 Å². The third-order valence-corrected chi connectivity index (χ3v) is 4.19. The lowest BCUT2D eigenvalue weighted by molar-refractivity contribution is -0.145. The van der Waals surface area contributed by atoms with E-state index in [2.05, 4.69) is 16.0 Å². The van der Waals surface area contributed by atoms with E-state index in [1.165, 1.54) is 7.11 Å². The number of methoxy groups -OCH3 is 2. The lowest BCUT2D eigenvalue weighted by Gasteiger charge is -2.18. The first-order valence-corrected chi connectivity index (χ1v) is 9.83. The van der Waals surface area contributed by atoms with Gasteiger partial charge in [0.15, 0.2) is 0 Å². The van der Waals surface area contributed by atoms with Crippen molar-refractivity contribution in [3.8, 4) is 5.75 Å². The van der Waals surface area contributed by atoms with Gasteiger partial charge in [-0.1, -0.05) is 13.8 Å². The number of hydrogen-bond donors (Lipinski definition) is 3. The molecule has 0 radical (unpaired) electrons. The van der Waals surface area contributed by atoms with Gasteiger partial charge in [-0.2, -0.15) is 0 Å². The first-order valence-electron chi connectivity index (χ1n) is 9.83. The first-order chi connectivity index (χ1) is 14.3. The van der Waals surface area contributed by atoms with Crippen LogP contribution in [0.3, 0.4) is 0 Å². The van der Waals surface area contributed by atoms with Gasteiger partial charge in [0.05, 0.1) is 14.2 Å². The van der Waals surface area contributed by atoms with E-state index in [-0.39, 0.29) is 49.6 Å². The van der Waals surface area contributed by atoms with E-state index >= 15 is 0 Å². The van der Waals surface area contributed by atoms with Crippen LogP contribution in [0.5, 0.6) is 5.75 Å². The van der Waals surface area contributed by atoms with Gasteiger partial charge in [-0.25, -0.2) is 4.79 Å². The number of nitrogens with one attached hydrogen (secondary N) is 3. The smallest absolute Gasteiger partial charge is 0.328 e. The van der Waals surface area contributed by atoms with Crippen molar-refractivity contribution in [1.29, 1.82) is 0 Å². The Bertz CT molecular complexity index is 718. The third kappa shape index (κ3) is 9.40. The molecule has 0 aliphatic heterocycles. The minimum absolute atomic E-state index is 0.0372. The number of carbonyl (C=O) groups is 4. The Hall–Kier alpha value is -3.10. The summed E-state index contributed by atoms with van der Waals surface area (Å²) in [5.74, 6) is -0.555. The van der Waals surface area contributed by atoms with E-state index in [9.17, 15) is 19.2 Å². The standard InChI is InChI=1S/C21H31N3O6/c1-14(2)13-17(21(28)30-4)24-19(26)10-11-22-18(25)9-12-23-20(27)15-5-7-16(29-3)8-6-15/h5-8,14,17H,9-13H2,1-4H3,(H,22,25)(H,23,27)(H,24,26)/t17-/m1/s1. The second-order valence-electron chi connectivity index (χ2n) is 7.11. The summed E-state index contributed by atoms with van der Waals surface area (Å²) >= 11 is 0. The molecule has 9 nitrogen and oxygen atoms in total. The van der Waals surface area contributed by atoms with E-state index in [1.54, 1.807) is 31.4 Å². The quantitative estimate of drug-likeness (QED) is 0.433. The van der Waals surface area contributed by atoms with Crippen molar-refractivity contribution >= 4 is 23.7 Å². The van der Waals surface area contributed by atoms with Crippen molar-refractivity contribution in [2.24, 2.45) is 5.92 Å². The largest absolute Gasteiger partial charge is 0.497 e. The number of hydrogen-bond acceptors (Lipinski definition) is 6. The summed E-state index contributed by atoms with van der Waals surface area (Å²) in [7, 11) is 2.82. The zero-order valence-electron chi connectivity index (χ0n) is 17.9. The molecular weight excluding hydrogens is 390 g/mol. The fraction of sp³-hybridized carbons (Fsp3) is 0.524. The van der Waals surface area contributed by atoms with Gasteiger partial charge in [0.2, 0.25) is 11.8 Å². The number of carbonyl (C=O) groups excluding carboxylic acids is 4. The highest BCUT2D eigenvalue weighted by molar-refractivity contribution is 5.94. The first kappa shape index (κ1) is 24.9. The summed E-state index contributed by atoms with van der Waals surface area (Å²) in [5.41, 5.74) is 0.467. The van der Waals surface area contributed by atoms with Crippen LogP contribution in [0.4, 0.5) is 0 Å². The van der Waals surface area contributed by atoms with Crippen LogP contribution in [0.25, 0.3) is 0 Å². The minimum Gasteiger partial charge on any atom is -0.497 e. The van der Waals surface area contributed by atoms with Gasteiger partial charge >= 0.3 is 5.97 Å². The van der Waals surface area contributed by atoms with Crippen LogP contribution in [0, 0.1) is 5.92 Å². The molecular formula is C21H31N3O6. The van der Waals surface area contributed by atoms with Crippen molar-refractivity contribution in [3.05, 3.63) is 29.8 Å². The fourth-order valence-corrected chi connectivity index (χ4v) is 2.63. The fourth-order valence-electron chi connectivity index (χ4n) is 2.63. The van der Waals surface area contributed by atoms with Crippen LogP contribution < -0.4 is 20.7 Å². The molecule has 30 heavy (non-hydrogen) atoms. The maximum Gasteiger partial charge on any atom is 0.328 e.